The molecule has 1 saturated heterocycles. The van der Waals surface area contributed by atoms with Crippen LogP contribution in [0.15, 0.2) is 48.8 Å². The number of ether oxygens (including phenoxy) is 1. The summed E-state index contributed by atoms with van der Waals surface area (Å²) in [7, 11) is 1.66. The van der Waals surface area contributed by atoms with Gasteiger partial charge in [-0.05, 0) is 68.5 Å². The lowest BCUT2D eigenvalue weighted by Crippen LogP contribution is -2.34. The summed E-state index contributed by atoms with van der Waals surface area (Å²) in [5.74, 6) is 7.18. The lowest BCUT2D eigenvalue weighted by Gasteiger charge is -2.34. The molecule has 1 fully saturated rings. The topological polar surface area (TPSA) is 45.6 Å². The van der Waals surface area contributed by atoms with Gasteiger partial charge >= 0.3 is 0 Å². The fourth-order valence-electron chi connectivity index (χ4n) is 3.70. The van der Waals surface area contributed by atoms with Gasteiger partial charge in [-0.15, -0.1) is 0 Å². The molecule has 1 aliphatic rings. The molecule has 4 nitrogen and oxygen atoms in total. The Balaban J connectivity index is 1.56. The summed E-state index contributed by atoms with van der Waals surface area (Å²) in [6.07, 6.45) is 8.75. The zero-order valence-corrected chi connectivity index (χ0v) is 16.9. The van der Waals surface area contributed by atoms with Crippen LogP contribution in [0, 0.1) is 11.8 Å². The standard InChI is InChI=1S/C24H30N2O2/c1-24(27,15-13-20-9-11-22(28-2)12-10-20)14-6-18-26-17-4-3-8-23(26)21-7-5-16-25-19-21/h5,7,9-12,16,19,23,27H,3-4,8,13,15,17-18H2,1-2H3/t23-,24+/m0/s1. The highest BCUT2D eigenvalue weighted by Gasteiger charge is 2.23. The Hall–Kier alpha value is -2.35. The van der Waals surface area contributed by atoms with Crippen LogP contribution in [0.1, 0.15) is 49.8 Å². The van der Waals surface area contributed by atoms with Gasteiger partial charge in [0, 0.05) is 18.4 Å². The summed E-state index contributed by atoms with van der Waals surface area (Å²) in [5.41, 5.74) is 1.45. The third-order valence-electron chi connectivity index (χ3n) is 5.38. The van der Waals surface area contributed by atoms with E-state index in [1.807, 2.05) is 42.7 Å². The lowest BCUT2D eigenvalue weighted by molar-refractivity contribution is 0.112. The summed E-state index contributed by atoms with van der Waals surface area (Å²) in [4.78, 5) is 6.68. The van der Waals surface area contributed by atoms with Crippen LogP contribution in [-0.2, 0) is 6.42 Å². The molecule has 0 amide bonds. The molecular weight excluding hydrogens is 348 g/mol. The third kappa shape index (κ3) is 5.82. The smallest absolute Gasteiger partial charge is 0.123 e. The second-order valence-electron chi connectivity index (χ2n) is 7.69. The van der Waals surface area contributed by atoms with Gasteiger partial charge in [-0.3, -0.25) is 9.88 Å². The van der Waals surface area contributed by atoms with Crippen molar-refractivity contribution < 1.29 is 9.84 Å². The van der Waals surface area contributed by atoms with Crippen molar-refractivity contribution in [1.29, 1.82) is 0 Å². The second-order valence-corrected chi connectivity index (χ2v) is 7.69. The van der Waals surface area contributed by atoms with Crippen LogP contribution in [0.3, 0.4) is 0 Å². The maximum atomic E-state index is 10.7. The molecule has 1 aromatic heterocycles. The zero-order valence-electron chi connectivity index (χ0n) is 16.9. The molecule has 0 radical (unpaired) electrons. The van der Waals surface area contributed by atoms with E-state index in [2.05, 4.69) is 27.8 Å². The minimum absolute atomic E-state index is 0.376. The number of nitrogens with zero attached hydrogens (tertiary/aromatic N) is 2. The minimum atomic E-state index is -0.987. The number of aliphatic hydroxyl groups is 1. The maximum Gasteiger partial charge on any atom is 0.123 e. The first-order valence-corrected chi connectivity index (χ1v) is 10.1. The molecule has 1 aromatic carbocycles. The Labute approximate surface area is 168 Å². The van der Waals surface area contributed by atoms with Crippen molar-refractivity contribution in [2.45, 2.75) is 50.7 Å². The van der Waals surface area contributed by atoms with E-state index < -0.39 is 5.60 Å². The van der Waals surface area contributed by atoms with Gasteiger partial charge in [-0.2, -0.15) is 0 Å². The first kappa shape index (κ1) is 20.4. The van der Waals surface area contributed by atoms with E-state index in [0.717, 1.165) is 25.1 Å². The number of hydrogen-bond acceptors (Lipinski definition) is 4. The van der Waals surface area contributed by atoms with Gasteiger partial charge in [-0.25, -0.2) is 0 Å². The number of aryl methyl sites for hydroxylation is 1. The molecule has 148 valence electrons. The minimum Gasteiger partial charge on any atom is -0.497 e. The van der Waals surface area contributed by atoms with Gasteiger partial charge in [0.2, 0.25) is 0 Å². The summed E-state index contributed by atoms with van der Waals surface area (Å²) in [6.45, 7) is 3.53. The molecule has 0 aliphatic carbocycles. The normalized spacial score (nSPS) is 19.3. The Morgan fingerprint density at radius 1 is 1.25 bits per heavy atom. The highest BCUT2D eigenvalue weighted by atomic mass is 16.5. The number of benzene rings is 1. The van der Waals surface area contributed by atoms with Crippen LogP contribution in [0.5, 0.6) is 5.75 Å². The average molecular weight is 379 g/mol. The fourth-order valence-corrected chi connectivity index (χ4v) is 3.70. The highest BCUT2D eigenvalue weighted by Crippen LogP contribution is 2.29. The predicted octanol–water partition coefficient (Wildman–Crippen LogP) is 4.00. The van der Waals surface area contributed by atoms with Crippen molar-refractivity contribution in [3.63, 3.8) is 0 Å². The fraction of sp³-hybridized carbons (Fsp3) is 0.458. The molecule has 0 bridgehead atoms. The number of hydrogen-bond donors (Lipinski definition) is 1. The largest absolute Gasteiger partial charge is 0.497 e. The van der Waals surface area contributed by atoms with Gasteiger partial charge in [0.15, 0.2) is 0 Å². The molecule has 2 aromatic rings. The molecule has 2 atom stereocenters. The molecule has 0 saturated carbocycles. The SMILES string of the molecule is COc1ccc(CC[C@](C)(O)C#CCN2CCCC[C@H]2c2cccnc2)cc1. The lowest BCUT2D eigenvalue weighted by atomic mass is 9.96. The summed E-state index contributed by atoms with van der Waals surface area (Å²) >= 11 is 0. The predicted molar refractivity (Wildman–Crippen MR) is 112 cm³/mol. The van der Waals surface area contributed by atoms with Gasteiger partial charge in [0.25, 0.3) is 0 Å². The Kier molecular flexibility index (Phi) is 7.08. The molecule has 2 heterocycles. The molecular formula is C24H30N2O2. The van der Waals surface area contributed by atoms with Crippen molar-refractivity contribution in [3.8, 4) is 17.6 Å². The van der Waals surface area contributed by atoms with E-state index in [1.54, 1.807) is 14.0 Å². The van der Waals surface area contributed by atoms with Crippen LogP contribution < -0.4 is 4.74 Å². The number of piperidine rings is 1. The molecule has 1 aliphatic heterocycles. The van der Waals surface area contributed by atoms with E-state index in [9.17, 15) is 5.11 Å². The molecule has 28 heavy (non-hydrogen) atoms. The highest BCUT2D eigenvalue weighted by molar-refractivity contribution is 5.27. The summed E-state index contributed by atoms with van der Waals surface area (Å²) < 4.78 is 5.19. The molecule has 0 spiro atoms. The number of pyridine rings is 1. The third-order valence-corrected chi connectivity index (χ3v) is 5.38. The monoisotopic (exact) mass is 378 g/mol. The van der Waals surface area contributed by atoms with Crippen LogP contribution in [0.2, 0.25) is 0 Å². The number of aromatic nitrogens is 1. The molecule has 0 unspecified atom stereocenters. The van der Waals surface area contributed by atoms with Crippen LogP contribution in [0.4, 0.5) is 0 Å². The summed E-state index contributed by atoms with van der Waals surface area (Å²) in [6, 6.07) is 12.5. The molecule has 4 heteroatoms. The quantitative estimate of drug-likeness (QED) is 0.772. The van der Waals surface area contributed by atoms with Gasteiger partial charge in [-0.1, -0.05) is 36.5 Å². The number of methoxy groups -OCH3 is 1. The maximum absolute atomic E-state index is 10.7. The van der Waals surface area contributed by atoms with Crippen molar-refractivity contribution >= 4 is 0 Å². The second kappa shape index (κ2) is 9.73. The molecule has 1 N–H and O–H groups in total. The van der Waals surface area contributed by atoms with Gasteiger partial charge in [0.1, 0.15) is 11.4 Å². The molecule has 3 rings (SSSR count). The number of rotatable bonds is 6. The number of likely N-dealkylation sites (tertiary alicyclic amines) is 1. The Bertz CT molecular complexity index is 791. The van der Waals surface area contributed by atoms with Crippen LogP contribution in [-0.4, -0.2) is 40.8 Å². The van der Waals surface area contributed by atoms with Crippen molar-refractivity contribution in [3.05, 3.63) is 59.9 Å². The van der Waals surface area contributed by atoms with E-state index in [-0.39, 0.29) is 0 Å². The van der Waals surface area contributed by atoms with Crippen LogP contribution >= 0.6 is 0 Å². The van der Waals surface area contributed by atoms with Crippen molar-refractivity contribution in [2.75, 3.05) is 20.2 Å². The van der Waals surface area contributed by atoms with Crippen molar-refractivity contribution in [1.82, 2.24) is 9.88 Å². The summed E-state index contributed by atoms with van der Waals surface area (Å²) in [5, 5.41) is 10.7. The van der Waals surface area contributed by atoms with E-state index >= 15 is 0 Å². The zero-order chi connectivity index (χ0) is 19.8. The van der Waals surface area contributed by atoms with E-state index in [4.69, 9.17) is 4.74 Å². The first-order valence-electron chi connectivity index (χ1n) is 10.1. The first-order chi connectivity index (χ1) is 13.6. The van der Waals surface area contributed by atoms with Crippen molar-refractivity contribution in [2.24, 2.45) is 0 Å². The average Bonchev–Trinajstić information content (AvgIpc) is 2.73. The Morgan fingerprint density at radius 3 is 2.79 bits per heavy atom. The van der Waals surface area contributed by atoms with Gasteiger partial charge in [0.05, 0.1) is 13.7 Å². The van der Waals surface area contributed by atoms with Crippen LogP contribution in [0.25, 0.3) is 0 Å². The van der Waals surface area contributed by atoms with Gasteiger partial charge < -0.3 is 9.84 Å². The van der Waals surface area contributed by atoms with E-state index in [0.29, 0.717) is 19.0 Å². The van der Waals surface area contributed by atoms with E-state index in [1.165, 1.54) is 24.0 Å². The Morgan fingerprint density at radius 2 is 2.07 bits per heavy atom.